The topological polar surface area (TPSA) is 14.1 Å². The van der Waals surface area contributed by atoms with Gasteiger partial charge in [0.15, 0.2) is 0 Å². The van der Waals surface area contributed by atoms with Crippen LogP contribution in [-0.4, -0.2) is 34.1 Å². The molecular weight excluding hydrogens is 182 g/mol. The van der Waals surface area contributed by atoms with Crippen molar-refractivity contribution in [1.29, 1.82) is 0 Å². The summed E-state index contributed by atoms with van der Waals surface area (Å²) in [5, 5.41) is 3.86. The molecule has 12 heavy (non-hydrogen) atoms. The van der Waals surface area contributed by atoms with Crippen molar-refractivity contribution in [2.24, 2.45) is 0 Å². The van der Waals surface area contributed by atoms with E-state index in [1.54, 1.807) is 0 Å². The first-order valence-electron chi connectivity index (χ1n) is 3.31. The molecule has 1 heterocycles. The van der Waals surface area contributed by atoms with Gasteiger partial charge in [-0.1, -0.05) is 47.0 Å². The van der Waals surface area contributed by atoms with Crippen molar-refractivity contribution in [1.82, 2.24) is 0 Å². The van der Waals surface area contributed by atoms with Crippen molar-refractivity contribution in [2.45, 2.75) is 30.3 Å². The normalized spacial score (nSPS) is 25.0. The van der Waals surface area contributed by atoms with Gasteiger partial charge in [-0.05, 0) is 0 Å². The summed E-state index contributed by atoms with van der Waals surface area (Å²) in [6.45, 7) is 22.0. The fourth-order valence-corrected chi connectivity index (χ4v) is 1.15. The molecule has 0 spiro atoms. The molecule has 3 heteroatoms. The fraction of sp³-hybridized carbons (Fsp3) is 0.556. The Morgan fingerprint density at radius 1 is 0.917 bits per heavy atom. The summed E-state index contributed by atoms with van der Waals surface area (Å²) in [6.07, 6.45) is 2.15. The van der Waals surface area contributed by atoms with Crippen LogP contribution in [0.25, 0.3) is 5.32 Å². The van der Waals surface area contributed by atoms with E-state index < -0.39 is 11.1 Å². The first-order valence-corrected chi connectivity index (χ1v) is 3.31. The Labute approximate surface area is 98.6 Å². The fourth-order valence-electron chi connectivity index (χ4n) is 1.15. The Morgan fingerprint density at radius 2 is 1.25 bits per heavy atom. The van der Waals surface area contributed by atoms with Crippen molar-refractivity contribution in [3.63, 3.8) is 0 Å². The molecule has 0 unspecified atom stereocenters. The summed E-state index contributed by atoms with van der Waals surface area (Å²) >= 11 is 0. The van der Waals surface area contributed by atoms with Crippen LogP contribution in [0.2, 0.25) is 0 Å². The second kappa shape index (κ2) is 5.04. The molecule has 1 saturated heterocycles. The van der Waals surface area contributed by atoms with Crippen LogP contribution in [0, 0.1) is 27.7 Å². The molecule has 1 aliphatic heterocycles. The third-order valence-electron chi connectivity index (χ3n) is 1.57. The third kappa shape index (κ3) is 4.90. The van der Waals surface area contributed by atoms with Crippen LogP contribution in [0.3, 0.4) is 0 Å². The van der Waals surface area contributed by atoms with Crippen LogP contribution in [0.4, 0.5) is 0 Å². The summed E-state index contributed by atoms with van der Waals surface area (Å²) in [5.74, 6) is 0. The molecule has 0 N–H and O–H groups in total. The average molecular weight is 192 g/mol. The van der Waals surface area contributed by atoms with Crippen LogP contribution in [0.5, 0.6) is 0 Å². The SMILES string of the molecule is [CH]C1([CH])CCCC([CH])([CH])[N-]1.[Cl-].[Mg+2]. The summed E-state index contributed by atoms with van der Waals surface area (Å²) in [6, 6.07) is 0. The smallest absolute Gasteiger partial charge is 1.00 e. The van der Waals surface area contributed by atoms with E-state index in [4.69, 9.17) is 27.7 Å². The van der Waals surface area contributed by atoms with E-state index >= 15 is 0 Å². The van der Waals surface area contributed by atoms with Gasteiger partial charge in [0.2, 0.25) is 0 Å². The molecule has 0 aromatic rings. The molecular formula is C9H10ClMgN. The molecule has 1 aliphatic rings. The maximum atomic E-state index is 5.50. The van der Waals surface area contributed by atoms with Gasteiger partial charge in [0, 0.05) is 0 Å². The molecule has 0 saturated carbocycles. The maximum absolute atomic E-state index is 5.50. The first kappa shape index (κ1) is 15.5. The number of hydrogen-bond donors (Lipinski definition) is 0. The summed E-state index contributed by atoms with van der Waals surface area (Å²) in [4.78, 5) is 0. The quantitative estimate of drug-likeness (QED) is 0.414. The van der Waals surface area contributed by atoms with Crippen molar-refractivity contribution in [2.75, 3.05) is 0 Å². The van der Waals surface area contributed by atoms with Crippen LogP contribution in [-0.2, 0) is 0 Å². The van der Waals surface area contributed by atoms with E-state index in [0.717, 1.165) is 6.42 Å². The van der Waals surface area contributed by atoms with Gasteiger partial charge in [-0.3, -0.25) is 0 Å². The molecule has 1 nitrogen and oxygen atoms in total. The van der Waals surface area contributed by atoms with E-state index in [9.17, 15) is 0 Å². The average Bonchev–Trinajstić information content (AvgIpc) is 1.56. The molecule has 0 aromatic carbocycles. The van der Waals surface area contributed by atoms with Crippen molar-refractivity contribution >= 4 is 23.1 Å². The molecule has 0 atom stereocenters. The zero-order chi connectivity index (χ0) is 7.83. The predicted octanol–water partition coefficient (Wildman–Crippen LogP) is -1.51. The molecule has 60 valence electrons. The Morgan fingerprint density at radius 3 is 1.42 bits per heavy atom. The molecule has 0 amide bonds. The number of rotatable bonds is 0. The van der Waals surface area contributed by atoms with Gasteiger partial charge in [-0.15, -0.1) is 11.1 Å². The second-order valence-corrected chi connectivity index (χ2v) is 2.95. The molecule has 0 aliphatic carbocycles. The van der Waals surface area contributed by atoms with Gasteiger partial charge >= 0.3 is 23.1 Å². The van der Waals surface area contributed by atoms with E-state index in [0.29, 0.717) is 12.8 Å². The van der Waals surface area contributed by atoms with Crippen LogP contribution in [0.1, 0.15) is 19.3 Å². The molecule has 0 aromatic heterocycles. The Balaban J connectivity index is 0. The first-order chi connectivity index (χ1) is 4.41. The van der Waals surface area contributed by atoms with Crippen LogP contribution >= 0.6 is 0 Å². The molecule has 1 rings (SSSR count). The van der Waals surface area contributed by atoms with Gasteiger partial charge in [0.05, 0.1) is 0 Å². The zero-order valence-electron chi connectivity index (χ0n) is 6.96. The Hall–Kier alpha value is 1.02. The van der Waals surface area contributed by atoms with Crippen molar-refractivity contribution < 1.29 is 12.4 Å². The number of hydrogen-bond acceptors (Lipinski definition) is 0. The molecule has 0 bridgehead atoms. The zero-order valence-corrected chi connectivity index (χ0v) is 9.13. The standard InChI is InChI=1S/C9H10N.ClH.Mg/c1-8(2)6-5-7-9(3,4)10-8;;/h1-4H,5-7H2;1H;/q-1;;+2/p-1. The van der Waals surface area contributed by atoms with Crippen molar-refractivity contribution in [3.05, 3.63) is 33.0 Å². The van der Waals surface area contributed by atoms with Gasteiger partial charge in [0.1, 0.15) is 0 Å². The van der Waals surface area contributed by atoms with Gasteiger partial charge < -0.3 is 17.7 Å². The summed E-state index contributed by atoms with van der Waals surface area (Å²) in [7, 11) is 0. The minimum atomic E-state index is -1.01. The Kier molecular flexibility index (Phi) is 6.50. The third-order valence-corrected chi connectivity index (χ3v) is 1.57. The number of nitrogens with zero attached hydrogens (tertiary/aromatic N) is 1. The van der Waals surface area contributed by atoms with E-state index in [1.807, 2.05) is 0 Å². The van der Waals surface area contributed by atoms with Crippen LogP contribution in [0.15, 0.2) is 0 Å². The monoisotopic (exact) mass is 191 g/mol. The van der Waals surface area contributed by atoms with E-state index in [1.165, 1.54) is 0 Å². The van der Waals surface area contributed by atoms with Gasteiger partial charge in [0.25, 0.3) is 0 Å². The molecule has 8 radical (unpaired) electrons. The minimum absolute atomic E-state index is 0. The van der Waals surface area contributed by atoms with Crippen LogP contribution < -0.4 is 12.4 Å². The Bertz CT molecular complexity index is 120. The van der Waals surface area contributed by atoms with Gasteiger partial charge in [-0.2, -0.15) is 0 Å². The largest absolute Gasteiger partial charge is 2.00 e. The summed E-state index contributed by atoms with van der Waals surface area (Å²) in [5.41, 5.74) is -2.02. The van der Waals surface area contributed by atoms with Gasteiger partial charge in [-0.25, -0.2) is 0 Å². The number of piperidine rings is 1. The predicted molar refractivity (Wildman–Crippen MR) is 45.6 cm³/mol. The molecule has 1 fully saturated rings. The number of halogens is 1. The minimum Gasteiger partial charge on any atom is -1.00 e. The van der Waals surface area contributed by atoms with Crippen molar-refractivity contribution in [3.8, 4) is 0 Å². The van der Waals surface area contributed by atoms with E-state index in [-0.39, 0.29) is 35.5 Å². The second-order valence-electron chi connectivity index (χ2n) is 2.95. The summed E-state index contributed by atoms with van der Waals surface area (Å²) < 4.78 is 0. The maximum Gasteiger partial charge on any atom is 2.00 e. The van der Waals surface area contributed by atoms with E-state index in [2.05, 4.69) is 5.32 Å².